The summed E-state index contributed by atoms with van der Waals surface area (Å²) in [5.41, 5.74) is 2.67. The van der Waals surface area contributed by atoms with Crippen LogP contribution in [0.3, 0.4) is 0 Å². The molecule has 0 saturated heterocycles. The molecule has 0 spiro atoms. The number of aryl methyl sites for hydroxylation is 1. The van der Waals surface area contributed by atoms with E-state index >= 15 is 0 Å². The third kappa shape index (κ3) is 6.12. The van der Waals surface area contributed by atoms with Crippen molar-refractivity contribution in [2.45, 2.75) is 26.4 Å². The fourth-order valence-electron chi connectivity index (χ4n) is 2.46. The van der Waals surface area contributed by atoms with Crippen molar-refractivity contribution in [1.29, 1.82) is 5.26 Å². The zero-order valence-corrected chi connectivity index (χ0v) is 15.5. The molecule has 2 aromatic carbocycles. The molecule has 27 heavy (non-hydrogen) atoms. The molecule has 0 aliphatic heterocycles. The largest absolute Gasteiger partial charge is 0.449 e. The smallest absolute Gasteiger partial charge is 0.331 e. The van der Waals surface area contributed by atoms with E-state index in [4.69, 9.17) is 10.00 Å². The number of carbonyl (C=O) groups is 2. The van der Waals surface area contributed by atoms with Gasteiger partial charge in [-0.15, -0.1) is 0 Å². The van der Waals surface area contributed by atoms with Crippen LogP contribution in [0.2, 0.25) is 0 Å². The van der Waals surface area contributed by atoms with Crippen molar-refractivity contribution in [2.75, 3.05) is 11.4 Å². The molecule has 2 aromatic rings. The summed E-state index contributed by atoms with van der Waals surface area (Å²) in [5.74, 6) is -0.960. The molecule has 0 heterocycles. The number of hydrogen-bond acceptors (Lipinski definition) is 4. The molecular weight excluding hydrogens is 340 g/mol. The van der Waals surface area contributed by atoms with Gasteiger partial charge in [0.25, 0.3) is 5.91 Å². The highest BCUT2D eigenvalue weighted by molar-refractivity contribution is 5.98. The van der Waals surface area contributed by atoms with E-state index in [1.54, 1.807) is 18.2 Å². The number of carbonyl (C=O) groups excluding carboxylic acids is 2. The van der Waals surface area contributed by atoms with E-state index in [1.807, 2.05) is 55.5 Å². The maximum atomic E-state index is 12.7. The second-order valence-corrected chi connectivity index (χ2v) is 6.06. The second-order valence-electron chi connectivity index (χ2n) is 6.06. The van der Waals surface area contributed by atoms with Crippen LogP contribution in [0.25, 0.3) is 6.08 Å². The zero-order chi connectivity index (χ0) is 19.6. The van der Waals surface area contributed by atoms with Crippen LogP contribution in [-0.4, -0.2) is 24.5 Å². The minimum absolute atomic E-state index is 0.189. The van der Waals surface area contributed by atoms with Crippen LogP contribution in [0.1, 0.15) is 24.5 Å². The average Bonchev–Trinajstić information content (AvgIpc) is 2.68. The van der Waals surface area contributed by atoms with Gasteiger partial charge in [0.1, 0.15) is 0 Å². The lowest BCUT2D eigenvalue weighted by Gasteiger charge is -2.24. The maximum absolute atomic E-state index is 12.7. The molecule has 5 nitrogen and oxygen atoms in total. The predicted molar refractivity (Wildman–Crippen MR) is 105 cm³/mol. The van der Waals surface area contributed by atoms with Crippen molar-refractivity contribution in [3.8, 4) is 6.07 Å². The van der Waals surface area contributed by atoms with Gasteiger partial charge in [-0.1, -0.05) is 48.0 Å². The Balaban J connectivity index is 2.02. The van der Waals surface area contributed by atoms with E-state index in [9.17, 15) is 9.59 Å². The normalized spacial score (nSPS) is 11.6. The van der Waals surface area contributed by atoms with Crippen molar-refractivity contribution in [3.05, 3.63) is 71.8 Å². The molecule has 5 heteroatoms. The van der Waals surface area contributed by atoms with Crippen LogP contribution in [0.15, 0.2) is 60.7 Å². The van der Waals surface area contributed by atoms with E-state index in [0.29, 0.717) is 5.69 Å². The van der Waals surface area contributed by atoms with E-state index in [-0.39, 0.29) is 18.9 Å². The van der Waals surface area contributed by atoms with Crippen LogP contribution in [0.4, 0.5) is 5.69 Å². The quantitative estimate of drug-likeness (QED) is 0.553. The second kappa shape index (κ2) is 9.93. The summed E-state index contributed by atoms with van der Waals surface area (Å²) in [5, 5.41) is 8.84. The van der Waals surface area contributed by atoms with Crippen molar-refractivity contribution in [3.63, 3.8) is 0 Å². The van der Waals surface area contributed by atoms with Gasteiger partial charge in [0.2, 0.25) is 0 Å². The van der Waals surface area contributed by atoms with Crippen LogP contribution < -0.4 is 4.90 Å². The van der Waals surface area contributed by atoms with Gasteiger partial charge in [0, 0.05) is 18.3 Å². The fourth-order valence-corrected chi connectivity index (χ4v) is 2.46. The Morgan fingerprint density at radius 3 is 2.44 bits per heavy atom. The van der Waals surface area contributed by atoms with Gasteiger partial charge in [0.05, 0.1) is 12.5 Å². The number of ether oxygens (including phenoxy) is 1. The van der Waals surface area contributed by atoms with Gasteiger partial charge in [-0.2, -0.15) is 5.26 Å². The molecular formula is C22H22N2O3. The monoisotopic (exact) mass is 362 g/mol. The Labute approximate surface area is 159 Å². The van der Waals surface area contributed by atoms with E-state index in [1.165, 1.54) is 17.9 Å². The molecule has 1 unspecified atom stereocenters. The molecule has 0 fully saturated rings. The Morgan fingerprint density at radius 1 is 1.15 bits per heavy atom. The molecule has 2 rings (SSSR count). The highest BCUT2D eigenvalue weighted by Crippen LogP contribution is 2.16. The molecule has 0 aliphatic carbocycles. The molecule has 1 amide bonds. The van der Waals surface area contributed by atoms with Crippen LogP contribution in [-0.2, 0) is 14.3 Å². The lowest BCUT2D eigenvalue weighted by atomic mass is 10.1. The van der Waals surface area contributed by atoms with Crippen LogP contribution in [0.5, 0.6) is 0 Å². The highest BCUT2D eigenvalue weighted by atomic mass is 16.5. The Bertz CT molecular complexity index is 836. The first kappa shape index (κ1) is 19.9. The minimum atomic E-state index is -0.959. The topological polar surface area (TPSA) is 70.4 Å². The average molecular weight is 362 g/mol. The Kier molecular flexibility index (Phi) is 7.33. The van der Waals surface area contributed by atoms with Crippen LogP contribution in [0, 0.1) is 18.3 Å². The number of amides is 1. The van der Waals surface area contributed by atoms with Gasteiger partial charge >= 0.3 is 5.97 Å². The minimum Gasteiger partial charge on any atom is -0.449 e. The molecule has 0 aliphatic rings. The number of rotatable bonds is 7. The Hall–Kier alpha value is -3.39. The van der Waals surface area contributed by atoms with Gasteiger partial charge in [-0.25, -0.2) is 4.79 Å². The van der Waals surface area contributed by atoms with Crippen molar-refractivity contribution >= 4 is 23.6 Å². The van der Waals surface area contributed by atoms with Gasteiger partial charge in [0.15, 0.2) is 6.10 Å². The third-order valence-corrected chi connectivity index (χ3v) is 3.91. The van der Waals surface area contributed by atoms with Gasteiger partial charge < -0.3 is 9.64 Å². The number of esters is 1. The molecule has 1 atom stereocenters. The summed E-state index contributed by atoms with van der Waals surface area (Å²) < 4.78 is 5.24. The van der Waals surface area contributed by atoms with Crippen molar-refractivity contribution in [1.82, 2.24) is 0 Å². The third-order valence-electron chi connectivity index (χ3n) is 3.91. The summed E-state index contributed by atoms with van der Waals surface area (Å²) in [6.45, 7) is 3.75. The number of hydrogen-bond donors (Lipinski definition) is 0. The van der Waals surface area contributed by atoms with E-state index in [0.717, 1.165) is 11.1 Å². The number of nitriles is 1. The SMILES string of the molecule is Cc1ccc(/C=C/C(=O)OC(C)C(=O)N(CCC#N)c2ccccc2)cc1. The summed E-state index contributed by atoms with van der Waals surface area (Å²) in [6.07, 6.45) is 2.17. The summed E-state index contributed by atoms with van der Waals surface area (Å²) in [4.78, 5) is 26.2. The summed E-state index contributed by atoms with van der Waals surface area (Å²) >= 11 is 0. The van der Waals surface area contributed by atoms with Gasteiger partial charge in [-0.3, -0.25) is 4.79 Å². The first-order valence-electron chi connectivity index (χ1n) is 8.70. The summed E-state index contributed by atoms with van der Waals surface area (Å²) in [7, 11) is 0. The number of benzene rings is 2. The first-order chi connectivity index (χ1) is 13.0. The number of anilines is 1. The maximum Gasteiger partial charge on any atom is 0.331 e. The van der Waals surface area contributed by atoms with E-state index < -0.39 is 12.1 Å². The van der Waals surface area contributed by atoms with Crippen molar-refractivity contribution < 1.29 is 14.3 Å². The predicted octanol–water partition coefficient (Wildman–Crippen LogP) is 3.89. The lowest BCUT2D eigenvalue weighted by Crippen LogP contribution is -2.40. The fraction of sp³-hybridized carbons (Fsp3) is 0.227. The highest BCUT2D eigenvalue weighted by Gasteiger charge is 2.24. The number of para-hydroxylation sites is 1. The molecule has 0 aromatic heterocycles. The molecule has 138 valence electrons. The van der Waals surface area contributed by atoms with Gasteiger partial charge in [-0.05, 0) is 37.6 Å². The lowest BCUT2D eigenvalue weighted by molar-refractivity contribution is -0.149. The first-order valence-corrected chi connectivity index (χ1v) is 8.70. The molecule has 0 saturated carbocycles. The zero-order valence-electron chi connectivity index (χ0n) is 15.5. The molecule has 0 bridgehead atoms. The van der Waals surface area contributed by atoms with E-state index in [2.05, 4.69) is 0 Å². The summed E-state index contributed by atoms with van der Waals surface area (Å²) in [6, 6.07) is 18.7. The van der Waals surface area contributed by atoms with Crippen molar-refractivity contribution in [2.24, 2.45) is 0 Å². The van der Waals surface area contributed by atoms with Crippen LogP contribution >= 0.6 is 0 Å². The molecule has 0 N–H and O–H groups in total. The molecule has 0 radical (unpaired) electrons. The Morgan fingerprint density at radius 2 is 1.81 bits per heavy atom. The number of nitrogens with zero attached hydrogens (tertiary/aromatic N) is 2. The standard InChI is InChI=1S/C22H22N2O3/c1-17-9-11-19(12-10-17)13-14-21(25)27-18(2)22(26)24(16-6-15-23)20-7-4-3-5-8-20/h3-5,7-14,18H,6,16H2,1-2H3/b14-13+.